The van der Waals surface area contributed by atoms with Crippen LogP contribution in [0.5, 0.6) is 5.75 Å². The summed E-state index contributed by atoms with van der Waals surface area (Å²) in [5.41, 5.74) is 8.51. The molecule has 2 amide bonds. The van der Waals surface area contributed by atoms with E-state index in [1.807, 2.05) is 66.7 Å². The van der Waals surface area contributed by atoms with Gasteiger partial charge in [0.05, 0.1) is 0 Å². The first-order valence-electron chi connectivity index (χ1n) is 9.50. The number of carbonyl (C=O) groups excluding carboxylic acids is 2. The monoisotopic (exact) mass is 388 g/mol. The Kier molecular flexibility index (Phi) is 6.63. The van der Waals surface area contributed by atoms with Crippen molar-refractivity contribution in [3.05, 3.63) is 90.0 Å². The summed E-state index contributed by atoms with van der Waals surface area (Å²) >= 11 is 0. The zero-order valence-electron chi connectivity index (χ0n) is 16.5. The van der Waals surface area contributed by atoms with Gasteiger partial charge in [0.2, 0.25) is 0 Å². The highest BCUT2D eigenvalue weighted by atomic mass is 16.5. The first-order valence-corrected chi connectivity index (χ1v) is 9.50. The largest absolute Gasteiger partial charge is 0.484 e. The lowest BCUT2D eigenvalue weighted by atomic mass is 10.0. The Morgan fingerprint density at radius 3 is 2.03 bits per heavy atom. The molecular weight excluding hydrogens is 364 g/mol. The number of rotatable bonds is 6. The molecule has 0 atom stereocenters. The molecule has 0 fully saturated rings. The van der Waals surface area contributed by atoms with Gasteiger partial charge in [0.1, 0.15) is 5.75 Å². The fraction of sp³-hybridized carbons (Fsp3) is 0.167. The Morgan fingerprint density at radius 2 is 1.41 bits per heavy atom. The highest BCUT2D eigenvalue weighted by molar-refractivity contribution is 5.95. The van der Waals surface area contributed by atoms with E-state index in [1.165, 1.54) is 5.56 Å². The van der Waals surface area contributed by atoms with Gasteiger partial charge in [-0.15, -0.1) is 0 Å². The minimum atomic E-state index is -0.438. The van der Waals surface area contributed by atoms with Crippen molar-refractivity contribution in [2.24, 2.45) is 0 Å². The van der Waals surface area contributed by atoms with Crippen LogP contribution in [0.1, 0.15) is 35.7 Å². The molecule has 0 saturated carbocycles. The molecule has 2 N–H and O–H groups in total. The van der Waals surface area contributed by atoms with Crippen LogP contribution in [0.4, 0.5) is 0 Å². The van der Waals surface area contributed by atoms with E-state index in [1.54, 1.807) is 12.1 Å². The predicted molar refractivity (Wildman–Crippen MR) is 114 cm³/mol. The van der Waals surface area contributed by atoms with E-state index >= 15 is 0 Å². The van der Waals surface area contributed by atoms with Gasteiger partial charge >= 0.3 is 0 Å². The van der Waals surface area contributed by atoms with Crippen LogP contribution in [-0.2, 0) is 4.79 Å². The van der Waals surface area contributed by atoms with Crippen molar-refractivity contribution in [3.63, 3.8) is 0 Å². The zero-order chi connectivity index (χ0) is 20.6. The molecule has 148 valence electrons. The van der Waals surface area contributed by atoms with Crippen molar-refractivity contribution in [1.82, 2.24) is 10.9 Å². The maximum absolute atomic E-state index is 12.2. The number of carbonyl (C=O) groups is 2. The second-order valence-electron chi connectivity index (χ2n) is 6.96. The molecule has 5 heteroatoms. The summed E-state index contributed by atoms with van der Waals surface area (Å²) in [4.78, 5) is 24.1. The minimum Gasteiger partial charge on any atom is -0.484 e. The van der Waals surface area contributed by atoms with Crippen LogP contribution in [0.25, 0.3) is 11.1 Å². The van der Waals surface area contributed by atoms with Gasteiger partial charge in [0, 0.05) is 5.56 Å². The van der Waals surface area contributed by atoms with Gasteiger partial charge in [0.15, 0.2) is 6.61 Å². The summed E-state index contributed by atoms with van der Waals surface area (Å²) in [5.74, 6) is 0.211. The van der Waals surface area contributed by atoms with Crippen molar-refractivity contribution in [2.75, 3.05) is 6.61 Å². The Bertz CT molecular complexity index is 950. The molecule has 0 aromatic heterocycles. The predicted octanol–water partition coefficient (Wildman–Crippen LogP) is 4.32. The van der Waals surface area contributed by atoms with Crippen LogP contribution in [0.15, 0.2) is 78.9 Å². The maximum Gasteiger partial charge on any atom is 0.276 e. The SMILES string of the molecule is CC(C)c1ccc(OCC(=O)NNC(=O)c2ccc(-c3ccccc3)cc2)cc1. The number of nitrogens with one attached hydrogen (secondary N) is 2. The average Bonchev–Trinajstić information content (AvgIpc) is 2.77. The van der Waals surface area contributed by atoms with Crippen LogP contribution in [-0.4, -0.2) is 18.4 Å². The summed E-state index contributed by atoms with van der Waals surface area (Å²) in [6, 6.07) is 24.7. The fourth-order valence-corrected chi connectivity index (χ4v) is 2.78. The maximum atomic E-state index is 12.2. The lowest BCUT2D eigenvalue weighted by molar-refractivity contribution is -0.123. The van der Waals surface area contributed by atoms with Crippen molar-refractivity contribution < 1.29 is 14.3 Å². The molecule has 5 nitrogen and oxygen atoms in total. The Morgan fingerprint density at radius 1 is 0.793 bits per heavy atom. The summed E-state index contributed by atoms with van der Waals surface area (Å²) in [6.45, 7) is 4.04. The van der Waals surface area contributed by atoms with Gasteiger partial charge in [-0.05, 0) is 46.9 Å². The number of hydrogen-bond acceptors (Lipinski definition) is 3. The first kappa shape index (κ1) is 20.1. The zero-order valence-corrected chi connectivity index (χ0v) is 16.5. The van der Waals surface area contributed by atoms with Gasteiger partial charge in [-0.2, -0.15) is 0 Å². The molecule has 3 aromatic carbocycles. The van der Waals surface area contributed by atoms with Crippen LogP contribution in [0, 0.1) is 0 Å². The van der Waals surface area contributed by atoms with E-state index in [0.29, 0.717) is 17.2 Å². The van der Waals surface area contributed by atoms with E-state index in [0.717, 1.165) is 11.1 Å². The van der Waals surface area contributed by atoms with Gasteiger partial charge in [-0.25, -0.2) is 0 Å². The van der Waals surface area contributed by atoms with Crippen LogP contribution >= 0.6 is 0 Å². The number of amides is 2. The molecule has 0 unspecified atom stereocenters. The van der Waals surface area contributed by atoms with E-state index in [2.05, 4.69) is 24.7 Å². The number of hydrogen-bond donors (Lipinski definition) is 2. The topological polar surface area (TPSA) is 67.4 Å². The Hall–Kier alpha value is -3.60. The highest BCUT2D eigenvalue weighted by Gasteiger charge is 2.09. The molecule has 0 aliphatic rings. The lowest BCUT2D eigenvalue weighted by Gasteiger charge is -2.10. The normalized spacial score (nSPS) is 10.4. The van der Waals surface area contributed by atoms with E-state index < -0.39 is 5.91 Å². The summed E-state index contributed by atoms with van der Waals surface area (Å²) in [7, 11) is 0. The molecular formula is C24H24N2O3. The van der Waals surface area contributed by atoms with Gasteiger partial charge < -0.3 is 4.74 Å². The van der Waals surface area contributed by atoms with Crippen molar-refractivity contribution in [3.8, 4) is 16.9 Å². The molecule has 0 aliphatic carbocycles. The summed E-state index contributed by atoms with van der Waals surface area (Å²) in [6.07, 6.45) is 0. The van der Waals surface area contributed by atoms with Crippen LogP contribution in [0.2, 0.25) is 0 Å². The van der Waals surface area contributed by atoms with E-state index in [9.17, 15) is 9.59 Å². The van der Waals surface area contributed by atoms with Crippen molar-refractivity contribution in [2.45, 2.75) is 19.8 Å². The molecule has 0 radical (unpaired) electrons. The quantitative estimate of drug-likeness (QED) is 0.618. The fourth-order valence-electron chi connectivity index (χ4n) is 2.78. The molecule has 0 spiro atoms. The molecule has 3 aromatic rings. The lowest BCUT2D eigenvalue weighted by Crippen LogP contribution is -2.43. The van der Waals surface area contributed by atoms with E-state index in [4.69, 9.17) is 4.74 Å². The van der Waals surface area contributed by atoms with Crippen LogP contribution in [0.3, 0.4) is 0 Å². The molecule has 0 saturated heterocycles. The van der Waals surface area contributed by atoms with Gasteiger partial charge in [0.25, 0.3) is 11.8 Å². The number of benzene rings is 3. The number of ether oxygens (including phenoxy) is 1. The Balaban J connectivity index is 1.46. The minimum absolute atomic E-state index is 0.186. The van der Waals surface area contributed by atoms with Gasteiger partial charge in [-0.1, -0.05) is 68.4 Å². The van der Waals surface area contributed by atoms with Crippen molar-refractivity contribution in [1.29, 1.82) is 0 Å². The number of hydrazine groups is 1. The second-order valence-corrected chi connectivity index (χ2v) is 6.96. The highest BCUT2D eigenvalue weighted by Crippen LogP contribution is 2.19. The summed E-state index contributed by atoms with van der Waals surface area (Å²) < 4.78 is 5.44. The van der Waals surface area contributed by atoms with Crippen molar-refractivity contribution >= 4 is 11.8 Å². The second kappa shape index (κ2) is 9.55. The van der Waals surface area contributed by atoms with E-state index in [-0.39, 0.29) is 12.5 Å². The Labute approximate surface area is 170 Å². The molecule has 3 rings (SSSR count). The van der Waals surface area contributed by atoms with Gasteiger partial charge in [-0.3, -0.25) is 20.4 Å². The van der Waals surface area contributed by atoms with Crippen LogP contribution < -0.4 is 15.6 Å². The first-order chi connectivity index (χ1) is 14.0. The summed E-state index contributed by atoms with van der Waals surface area (Å²) in [5, 5.41) is 0. The third kappa shape index (κ3) is 5.69. The molecule has 29 heavy (non-hydrogen) atoms. The standard InChI is InChI=1S/C24H24N2O3/c1-17(2)18-12-14-22(15-13-18)29-16-23(27)25-26-24(28)21-10-8-20(9-11-21)19-6-4-3-5-7-19/h3-15,17H,16H2,1-2H3,(H,25,27)(H,26,28). The third-order valence-corrected chi connectivity index (χ3v) is 4.49. The smallest absolute Gasteiger partial charge is 0.276 e. The average molecular weight is 388 g/mol. The molecule has 0 bridgehead atoms. The molecule has 0 aliphatic heterocycles. The third-order valence-electron chi connectivity index (χ3n) is 4.49. The molecule has 0 heterocycles.